The summed E-state index contributed by atoms with van der Waals surface area (Å²) in [5.74, 6) is 0. The molecule has 2 unspecified atom stereocenters. The Kier molecular flexibility index (Phi) is 4.22. The Morgan fingerprint density at radius 3 is 2.72 bits per heavy atom. The van der Waals surface area contributed by atoms with Crippen LogP contribution < -0.4 is 11.1 Å². The van der Waals surface area contributed by atoms with E-state index in [0.717, 1.165) is 18.5 Å². The van der Waals surface area contributed by atoms with Crippen molar-refractivity contribution in [1.29, 1.82) is 0 Å². The fourth-order valence-electron chi connectivity index (χ4n) is 2.71. The Morgan fingerprint density at radius 2 is 2.06 bits per heavy atom. The molecule has 1 aliphatic rings. The van der Waals surface area contributed by atoms with E-state index in [9.17, 15) is 0 Å². The Morgan fingerprint density at radius 1 is 1.33 bits per heavy atom. The number of anilines is 1. The summed E-state index contributed by atoms with van der Waals surface area (Å²) < 4.78 is 10.5. The molecule has 0 bridgehead atoms. The van der Waals surface area contributed by atoms with Crippen LogP contribution in [-0.4, -0.2) is 26.6 Å². The number of fused-ring (bicyclic) bond motifs is 1. The molecule has 1 aromatic rings. The highest BCUT2D eigenvalue weighted by atomic mass is 16.7. The highest BCUT2D eigenvalue weighted by molar-refractivity contribution is 5.47. The topological polar surface area (TPSA) is 56.5 Å². The third-order valence-corrected chi connectivity index (χ3v) is 3.58. The standard InChI is InChI=1S/C14H22N2O2/c1-9(14(17-2)18-3)16-13-7-4-10-8-11(15)5-6-12(10)13/h5-6,8-9,13-14,16H,4,7,15H2,1-3H3. The number of ether oxygens (including phenoxy) is 2. The Labute approximate surface area is 108 Å². The second-order valence-corrected chi connectivity index (χ2v) is 4.84. The van der Waals surface area contributed by atoms with Crippen LogP contribution in [0.3, 0.4) is 0 Å². The normalized spacial score (nSPS) is 20.1. The van der Waals surface area contributed by atoms with E-state index in [2.05, 4.69) is 24.4 Å². The molecule has 0 spiro atoms. The third-order valence-electron chi connectivity index (χ3n) is 3.58. The molecule has 4 nitrogen and oxygen atoms in total. The average Bonchev–Trinajstić information content (AvgIpc) is 2.73. The summed E-state index contributed by atoms with van der Waals surface area (Å²) in [4.78, 5) is 0. The summed E-state index contributed by atoms with van der Waals surface area (Å²) in [5.41, 5.74) is 9.35. The SMILES string of the molecule is COC(OC)C(C)NC1CCc2cc(N)ccc21. The van der Waals surface area contributed by atoms with Crippen molar-refractivity contribution in [2.24, 2.45) is 0 Å². The monoisotopic (exact) mass is 250 g/mol. The number of benzene rings is 1. The molecule has 0 amide bonds. The van der Waals surface area contributed by atoms with Crippen LogP contribution in [-0.2, 0) is 15.9 Å². The second-order valence-electron chi connectivity index (χ2n) is 4.84. The number of nitrogens with two attached hydrogens (primary N) is 1. The van der Waals surface area contributed by atoms with Crippen LogP contribution in [0, 0.1) is 0 Å². The van der Waals surface area contributed by atoms with Gasteiger partial charge >= 0.3 is 0 Å². The van der Waals surface area contributed by atoms with Crippen molar-refractivity contribution in [2.45, 2.75) is 38.1 Å². The smallest absolute Gasteiger partial charge is 0.171 e. The molecular weight excluding hydrogens is 228 g/mol. The van der Waals surface area contributed by atoms with Gasteiger partial charge in [0.2, 0.25) is 0 Å². The quantitative estimate of drug-likeness (QED) is 0.618. The minimum atomic E-state index is -0.220. The fraction of sp³-hybridized carbons (Fsp3) is 0.571. The lowest BCUT2D eigenvalue weighted by atomic mass is 10.1. The molecular formula is C14H22N2O2. The average molecular weight is 250 g/mol. The van der Waals surface area contributed by atoms with Gasteiger partial charge in [0, 0.05) is 25.9 Å². The second kappa shape index (κ2) is 5.69. The van der Waals surface area contributed by atoms with E-state index in [-0.39, 0.29) is 12.3 Å². The summed E-state index contributed by atoms with van der Waals surface area (Å²) in [7, 11) is 3.32. The number of methoxy groups -OCH3 is 2. The van der Waals surface area contributed by atoms with Gasteiger partial charge in [-0.1, -0.05) is 6.07 Å². The summed E-state index contributed by atoms with van der Waals surface area (Å²) in [6.45, 7) is 2.08. The largest absolute Gasteiger partial charge is 0.399 e. The summed E-state index contributed by atoms with van der Waals surface area (Å²) >= 11 is 0. The van der Waals surface area contributed by atoms with Crippen molar-refractivity contribution >= 4 is 5.69 Å². The zero-order chi connectivity index (χ0) is 13.1. The zero-order valence-electron chi connectivity index (χ0n) is 11.3. The van der Waals surface area contributed by atoms with Crippen LogP contribution in [0.5, 0.6) is 0 Å². The molecule has 100 valence electrons. The predicted octanol–water partition coefficient (Wildman–Crippen LogP) is 1.85. The lowest BCUT2D eigenvalue weighted by Gasteiger charge is -2.26. The van der Waals surface area contributed by atoms with Crippen LogP contribution in [0.25, 0.3) is 0 Å². The first-order valence-electron chi connectivity index (χ1n) is 6.35. The maximum absolute atomic E-state index is 5.81. The summed E-state index contributed by atoms with van der Waals surface area (Å²) in [5, 5.41) is 3.57. The third kappa shape index (κ3) is 2.66. The van der Waals surface area contributed by atoms with Crippen molar-refractivity contribution < 1.29 is 9.47 Å². The van der Waals surface area contributed by atoms with E-state index in [1.54, 1.807) is 14.2 Å². The van der Waals surface area contributed by atoms with E-state index >= 15 is 0 Å². The number of aryl methyl sites for hydroxylation is 1. The number of hydrogen-bond acceptors (Lipinski definition) is 4. The predicted molar refractivity (Wildman–Crippen MR) is 72.3 cm³/mol. The number of nitrogens with one attached hydrogen (secondary N) is 1. The molecule has 0 aliphatic heterocycles. The first kappa shape index (κ1) is 13.3. The van der Waals surface area contributed by atoms with Gasteiger partial charge in [-0.05, 0) is 43.0 Å². The lowest BCUT2D eigenvalue weighted by molar-refractivity contribution is -0.121. The van der Waals surface area contributed by atoms with E-state index in [1.165, 1.54) is 11.1 Å². The first-order chi connectivity index (χ1) is 8.65. The molecule has 3 N–H and O–H groups in total. The van der Waals surface area contributed by atoms with Gasteiger partial charge < -0.3 is 20.5 Å². The molecule has 18 heavy (non-hydrogen) atoms. The maximum Gasteiger partial charge on any atom is 0.171 e. The number of rotatable bonds is 5. The van der Waals surface area contributed by atoms with Crippen molar-refractivity contribution in [1.82, 2.24) is 5.32 Å². The van der Waals surface area contributed by atoms with Crippen molar-refractivity contribution in [3.63, 3.8) is 0 Å². The number of nitrogen functional groups attached to an aromatic ring is 1. The molecule has 4 heteroatoms. The molecule has 0 aromatic heterocycles. The van der Waals surface area contributed by atoms with Gasteiger partial charge in [0.15, 0.2) is 6.29 Å². The highest BCUT2D eigenvalue weighted by Crippen LogP contribution is 2.32. The van der Waals surface area contributed by atoms with Crippen LogP contribution in [0.2, 0.25) is 0 Å². The van der Waals surface area contributed by atoms with Crippen molar-refractivity contribution in [3.05, 3.63) is 29.3 Å². The Hall–Kier alpha value is -1.10. The van der Waals surface area contributed by atoms with Crippen LogP contribution >= 0.6 is 0 Å². The molecule has 0 saturated carbocycles. The molecule has 0 saturated heterocycles. The van der Waals surface area contributed by atoms with Gasteiger partial charge in [-0.15, -0.1) is 0 Å². The zero-order valence-corrected chi connectivity index (χ0v) is 11.3. The number of hydrogen-bond donors (Lipinski definition) is 2. The fourth-order valence-corrected chi connectivity index (χ4v) is 2.71. The van der Waals surface area contributed by atoms with Gasteiger partial charge in [-0.3, -0.25) is 0 Å². The Balaban J connectivity index is 2.05. The molecule has 2 atom stereocenters. The van der Waals surface area contributed by atoms with Gasteiger partial charge in [0.05, 0.1) is 6.04 Å². The van der Waals surface area contributed by atoms with Gasteiger partial charge in [0.1, 0.15) is 0 Å². The van der Waals surface area contributed by atoms with Crippen molar-refractivity contribution in [2.75, 3.05) is 20.0 Å². The minimum absolute atomic E-state index is 0.147. The molecule has 0 radical (unpaired) electrons. The van der Waals surface area contributed by atoms with Crippen LogP contribution in [0.15, 0.2) is 18.2 Å². The van der Waals surface area contributed by atoms with E-state index < -0.39 is 0 Å². The highest BCUT2D eigenvalue weighted by Gasteiger charge is 2.26. The molecule has 0 fully saturated rings. The van der Waals surface area contributed by atoms with Crippen LogP contribution in [0.4, 0.5) is 5.69 Å². The van der Waals surface area contributed by atoms with Crippen LogP contribution in [0.1, 0.15) is 30.5 Å². The van der Waals surface area contributed by atoms with E-state index in [4.69, 9.17) is 15.2 Å². The molecule has 0 heterocycles. The molecule has 1 aliphatic carbocycles. The van der Waals surface area contributed by atoms with Gasteiger partial charge in [0.25, 0.3) is 0 Å². The molecule has 1 aromatic carbocycles. The summed E-state index contributed by atoms with van der Waals surface area (Å²) in [6.07, 6.45) is 1.96. The van der Waals surface area contributed by atoms with E-state index in [1.807, 2.05) is 6.07 Å². The molecule has 2 rings (SSSR count). The van der Waals surface area contributed by atoms with E-state index in [0.29, 0.717) is 6.04 Å². The Bertz CT molecular complexity index is 405. The van der Waals surface area contributed by atoms with Gasteiger partial charge in [-0.25, -0.2) is 0 Å². The summed E-state index contributed by atoms with van der Waals surface area (Å²) in [6, 6.07) is 6.67. The van der Waals surface area contributed by atoms with Gasteiger partial charge in [-0.2, -0.15) is 0 Å². The lowest BCUT2D eigenvalue weighted by Crippen LogP contribution is -2.41. The minimum Gasteiger partial charge on any atom is -0.399 e. The van der Waals surface area contributed by atoms with Crippen molar-refractivity contribution in [3.8, 4) is 0 Å². The first-order valence-corrected chi connectivity index (χ1v) is 6.35. The maximum atomic E-state index is 5.81.